The van der Waals surface area contributed by atoms with Crippen molar-refractivity contribution >= 4 is 5.57 Å². The van der Waals surface area contributed by atoms with E-state index in [0.717, 1.165) is 28.8 Å². The van der Waals surface area contributed by atoms with E-state index in [1.165, 1.54) is 17.7 Å². The fourth-order valence-electron chi connectivity index (χ4n) is 2.78. The minimum Gasteiger partial charge on any atom is -0.402 e. The first-order valence-corrected chi connectivity index (χ1v) is 8.21. The van der Waals surface area contributed by atoms with Gasteiger partial charge in [-0.05, 0) is 59.6 Å². The quantitative estimate of drug-likeness (QED) is 0.704. The van der Waals surface area contributed by atoms with Crippen LogP contribution in [0.2, 0.25) is 0 Å². The predicted molar refractivity (Wildman–Crippen MR) is 96.4 cm³/mol. The molecule has 23 heavy (non-hydrogen) atoms. The Morgan fingerprint density at radius 2 is 1.70 bits per heavy atom. The van der Waals surface area contributed by atoms with E-state index in [1.54, 1.807) is 7.11 Å². The Bertz CT molecular complexity index is 568. The molecule has 0 aliphatic heterocycles. The van der Waals surface area contributed by atoms with Crippen LogP contribution in [0.4, 0.5) is 4.39 Å². The molecule has 0 aliphatic carbocycles. The molecule has 0 saturated carbocycles. The summed E-state index contributed by atoms with van der Waals surface area (Å²) in [6, 6.07) is 6.62. The van der Waals surface area contributed by atoms with Gasteiger partial charge in [-0.1, -0.05) is 39.8 Å². The second-order valence-electron chi connectivity index (χ2n) is 6.75. The van der Waals surface area contributed by atoms with Crippen molar-refractivity contribution in [3.05, 3.63) is 52.5 Å². The standard InChI is InChI=1S/C20H30FNO/c1-13(2)11-17(12-23-6)19(15(5)20(22)14(3)4)16-7-9-18(21)10-8-16/h7-10,13-14H,11-12,22H2,1-6H3/b19-17-,20-15-. The summed E-state index contributed by atoms with van der Waals surface area (Å²) >= 11 is 0. The summed E-state index contributed by atoms with van der Waals surface area (Å²) in [7, 11) is 1.70. The van der Waals surface area contributed by atoms with E-state index < -0.39 is 0 Å². The van der Waals surface area contributed by atoms with Gasteiger partial charge in [0.15, 0.2) is 0 Å². The first kappa shape index (κ1) is 19.4. The Hall–Kier alpha value is -1.61. The normalized spacial score (nSPS) is 14.1. The Morgan fingerprint density at radius 1 is 1.13 bits per heavy atom. The van der Waals surface area contributed by atoms with Crippen LogP contribution in [0, 0.1) is 17.7 Å². The summed E-state index contributed by atoms with van der Waals surface area (Å²) in [6.07, 6.45) is 0.920. The highest BCUT2D eigenvalue weighted by molar-refractivity contribution is 5.81. The van der Waals surface area contributed by atoms with Crippen LogP contribution < -0.4 is 5.73 Å². The van der Waals surface area contributed by atoms with Crippen molar-refractivity contribution < 1.29 is 9.13 Å². The first-order chi connectivity index (χ1) is 10.8. The van der Waals surface area contributed by atoms with Gasteiger partial charge >= 0.3 is 0 Å². The van der Waals surface area contributed by atoms with Gasteiger partial charge in [0.1, 0.15) is 5.82 Å². The average molecular weight is 319 g/mol. The van der Waals surface area contributed by atoms with Gasteiger partial charge in [-0.15, -0.1) is 0 Å². The molecular weight excluding hydrogens is 289 g/mol. The van der Waals surface area contributed by atoms with Crippen LogP contribution in [-0.2, 0) is 4.74 Å². The highest BCUT2D eigenvalue weighted by atomic mass is 19.1. The third kappa shape index (κ3) is 5.51. The van der Waals surface area contributed by atoms with Gasteiger partial charge in [0.05, 0.1) is 6.61 Å². The van der Waals surface area contributed by atoms with Crippen molar-refractivity contribution in [1.29, 1.82) is 0 Å². The highest BCUT2D eigenvalue weighted by Gasteiger charge is 2.16. The van der Waals surface area contributed by atoms with Crippen molar-refractivity contribution in [3.63, 3.8) is 0 Å². The fraction of sp³-hybridized carbons (Fsp3) is 0.500. The summed E-state index contributed by atoms with van der Waals surface area (Å²) in [6.45, 7) is 11.1. The van der Waals surface area contributed by atoms with E-state index in [1.807, 2.05) is 19.1 Å². The number of nitrogens with two attached hydrogens (primary N) is 1. The number of hydrogen-bond donors (Lipinski definition) is 1. The molecule has 2 N–H and O–H groups in total. The van der Waals surface area contributed by atoms with Crippen molar-refractivity contribution in [2.45, 2.75) is 41.0 Å². The molecule has 0 atom stereocenters. The topological polar surface area (TPSA) is 35.2 Å². The smallest absolute Gasteiger partial charge is 0.123 e. The van der Waals surface area contributed by atoms with E-state index in [0.29, 0.717) is 12.5 Å². The lowest BCUT2D eigenvalue weighted by Crippen LogP contribution is -2.12. The van der Waals surface area contributed by atoms with Crippen LogP contribution in [0.15, 0.2) is 41.1 Å². The van der Waals surface area contributed by atoms with E-state index in [9.17, 15) is 4.39 Å². The molecule has 0 saturated heterocycles. The second-order valence-corrected chi connectivity index (χ2v) is 6.75. The number of rotatable bonds is 7. The number of methoxy groups -OCH3 is 1. The predicted octanol–water partition coefficient (Wildman–Crippen LogP) is 5.16. The third-order valence-corrected chi connectivity index (χ3v) is 3.89. The van der Waals surface area contributed by atoms with Crippen LogP contribution >= 0.6 is 0 Å². The molecule has 0 fully saturated rings. The van der Waals surface area contributed by atoms with Crippen LogP contribution in [0.25, 0.3) is 5.57 Å². The molecule has 1 aromatic rings. The molecule has 1 rings (SSSR count). The lowest BCUT2D eigenvalue weighted by atomic mass is 9.87. The van der Waals surface area contributed by atoms with Gasteiger partial charge in [-0.3, -0.25) is 0 Å². The molecular formula is C20H30FNO. The molecule has 2 nitrogen and oxygen atoms in total. The van der Waals surface area contributed by atoms with Crippen LogP contribution in [-0.4, -0.2) is 13.7 Å². The van der Waals surface area contributed by atoms with Gasteiger partial charge in [-0.2, -0.15) is 0 Å². The Balaban J connectivity index is 3.57. The van der Waals surface area contributed by atoms with Crippen LogP contribution in [0.1, 0.15) is 46.6 Å². The van der Waals surface area contributed by atoms with Crippen molar-refractivity contribution in [2.24, 2.45) is 17.6 Å². The molecule has 128 valence electrons. The maximum atomic E-state index is 13.3. The number of hydrogen-bond acceptors (Lipinski definition) is 2. The molecule has 0 spiro atoms. The minimum atomic E-state index is -0.233. The Labute approximate surface area is 140 Å². The number of ether oxygens (including phenoxy) is 1. The molecule has 0 aliphatic rings. The highest BCUT2D eigenvalue weighted by Crippen LogP contribution is 2.32. The Morgan fingerprint density at radius 3 is 2.13 bits per heavy atom. The second kappa shape index (κ2) is 8.88. The van der Waals surface area contributed by atoms with Gasteiger partial charge < -0.3 is 10.5 Å². The fourth-order valence-corrected chi connectivity index (χ4v) is 2.78. The molecule has 0 aromatic heterocycles. The Kier molecular flexibility index (Phi) is 7.50. The molecule has 3 heteroatoms. The number of halogens is 1. The van der Waals surface area contributed by atoms with Crippen LogP contribution in [0.3, 0.4) is 0 Å². The molecule has 0 radical (unpaired) electrons. The number of allylic oxidation sites excluding steroid dienone is 3. The van der Waals surface area contributed by atoms with E-state index in [2.05, 4.69) is 27.7 Å². The van der Waals surface area contributed by atoms with Crippen molar-refractivity contribution in [2.75, 3.05) is 13.7 Å². The average Bonchev–Trinajstić information content (AvgIpc) is 2.48. The molecule has 0 heterocycles. The summed E-state index contributed by atoms with van der Waals surface area (Å²) in [5.41, 5.74) is 11.5. The summed E-state index contributed by atoms with van der Waals surface area (Å²) in [4.78, 5) is 0. The van der Waals surface area contributed by atoms with Gasteiger partial charge in [0, 0.05) is 12.8 Å². The van der Waals surface area contributed by atoms with Gasteiger partial charge in [0.25, 0.3) is 0 Å². The first-order valence-electron chi connectivity index (χ1n) is 8.21. The maximum absolute atomic E-state index is 13.3. The zero-order valence-electron chi connectivity index (χ0n) is 15.2. The lowest BCUT2D eigenvalue weighted by Gasteiger charge is -2.21. The molecule has 1 aromatic carbocycles. The van der Waals surface area contributed by atoms with E-state index in [-0.39, 0.29) is 11.7 Å². The SMILES string of the molecule is COC/C(CC(C)C)=C(/C(C)=C(\N)C(C)C)c1ccc(F)cc1. The third-order valence-electron chi connectivity index (χ3n) is 3.89. The van der Waals surface area contributed by atoms with Gasteiger partial charge in [0.2, 0.25) is 0 Å². The van der Waals surface area contributed by atoms with Gasteiger partial charge in [-0.25, -0.2) is 4.39 Å². The summed E-state index contributed by atoms with van der Waals surface area (Å²) in [5.74, 6) is 0.528. The molecule has 0 bridgehead atoms. The van der Waals surface area contributed by atoms with Crippen LogP contribution in [0.5, 0.6) is 0 Å². The van der Waals surface area contributed by atoms with E-state index in [4.69, 9.17) is 10.5 Å². The summed E-state index contributed by atoms with van der Waals surface area (Å²) < 4.78 is 18.7. The zero-order valence-corrected chi connectivity index (χ0v) is 15.2. The zero-order chi connectivity index (χ0) is 17.6. The monoisotopic (exact) mass is 319 g/mol. The molecule has 0 unspecified atom stereocenters. The number of benzene rings is 1. The molecule has 0 amide bonds. The minimum absolute atomic E-state index is 0.233. The van der Waals surface area contributed by atoms with Crippen molar-refractivity contribution in [1.82, 2.24) is 0 Å². The van der Waals surface area contributed by atoms with Crippen molar-refractivity contribution in [3.8, 4) is 0 Å². The maximum Gasteiger partial charge on any atom is 0.123 e. The summed E-state index contributed by atoms with van der Waals surface area (Å²) in [5, 5.41) is 0. The largest absolute Gasteiger partial charge is 0.402 e. The van der Waals surface area contributed by atoms with E-state index >= 15 is 0 Å². The lowest BCUT2D eigenvalue weighted by molar-refractivity contribution is 0.221.